The number of carbonyl (C=O) groups excluding carboxylic acids is 1. The molecule has 0 fully saturated rings. The molecule has 0 aliphatic carbocycles. The first kappa shape index (κ1) is 19.3. The Labute approximate surface area is 153 Å². The van der Waals surface area contributed by atoms with Gasteiger partial charge in [-0.05, 0) is 56.7 Å². The average molecular weight is 356 g/mol. The van der Waals surface area contributed by atoms with Crippen LogP contribution < -0.4 is 19.6 Å². The highest BCUT2D eigenvalue weighted by Gasteiger charge is 2.07. The molecule has 0 radical (unpaired) electrons. The van der Waals surface area contributed by atoms with Crippen LogP contribution in [0.15, 0.2) is 47.6 Å². The fraction of sp³-hybridized carbons (Fsp3) is 0.300. The molecule has 26 heavy (non-hydrogen) atoms. The lowest BCUT2D eigenvalue weighted by Gasteiger charge is -2.13. The highest BCUT2D eigenvalue weighted by molar-refractivity contribution is 5.83. The number of ether oxygens (including phenoxy) is 3. The van der Waals surface area contributed by atoms with Gasteiger partial charge in [0.1, 0.15) is 5.75 Å². The summed E-state index contributed by atoms with van der Waals surface area (Å²) in [6.07, 6.45) is 1.59. The van der Waals surface area contributed by atoms with Gasteiger partial charge in [0.05, 0.1) is 19.4 Å². The first-order chi connectivity index (χ1) is 12.5. The first-order valence-corrected chi connectivity index (χ1v) is 8.34. The molecule has 138 valence electrons. The van der Waals surface area contributed by atoms with Crippen molar-refractivity contribution in [1.82, 2.24) is 5.43 Å². The molecule has 0 saturated carbocycles. The molecule has 2 rings (SSSR count). The molecule has 6 nitrogen and oxygen atoms in total. The molecule has 0 spiro atoms. The molecule has 1 N–H and O–H groups in total. The molecular formula is C20H24N2O4. The summed E-state index contributed by atoms with van der Waals surface area (Å²) in [6.45, 7) is 5.78. The second-order valence-electron chi connectivity index (χ2n) is 5.97. The molecule has 2 aromatic carbocycles. The number of amides is 1. The zero-order valence-electron chi connectivity index (χ0n) is 15.5. The Balaban J connectivity index is 1.86. The van der Waals surface area contributed by atoms with Crippen molar-refractivity contribution in [3.05, 3.63) is 53.6 Å². The van der Waals surface area contributed by atoms with Gasteiger partial charge in [0.2, 0.25) is 0 Å². The third-order valence-corrected chi connectivity index (χ3v) is 3.34. The highest BCUT2D eigenvalue weighted by atomic mass is 16.5. The summed E-state index contributed by atoms with van der Waals surface area (Å²) >= 11 is 0. The summed E-state index contributed by atoms with van der Waals surface area (Å²) in [6, 6.07) is 12.9. The molecular weight excluding hydrogens is 332 g/mol. The van der Waals surface area contributed by atoms with Gasteiger partial charge in [-0.25, -0.2) is 5.43 Å². The second kappa shape index (κ2) is 9.46. The van der Waals surface area contributed by atoms with E-state index in [1.54, 1.807) is 13.2 Å². The van der Waals surface area contributed by atoms with Gasteiger partial charge < -0.3 is 14.2 Å². The monoisotopic (exact) mass is 356 g/mol. The van der Waals surface area contributed by atoms with Crippen LogP contribution in [0.3, 0.4) is 0 Å². The maximum Gasteiger partial charge on any atom is 0.277 e. The largest absolute Gasteiger partial charge is 0.493 e. The number of benzene rings is 2. The minimum atomic E-state index is -0.339. The molecule has 6 heteroatoms. The Kier molecular flexibility index (Phi) is 7.02. The smallest absolute Gasteiger partial charge is 0.277 e. The average Bonchev–Trinajstić information content (AvgIpc) is 2.62. The van der Waals surface area contributed by atoms with E-state index in [1.807, 2.05) is 57.2 Å². The number of rotatable bonds is 8. The predicted molar refractivity (Wildman–Crippen MR) is 101 cm³/mol. The zero-order valence-corrected chi connectivity index (χ0v) is 15.5. The van der Waals surface area contributed by atoms with E-state index in [4.69, 9.17) is 14.2 Å². The van der Waals surface area contributed by atoms with Crippen molar-refractivity contribution in [3.63, 3.8) is 0 Å². The number of aryl methyl sites for hydroxylation is 1. The molecule has 0 saturated heterocycles. The molecule has 0 aromatic heterocycles. The van der Waals surface area contributed by atoms with Crippen LogP contribution in [-0.2, 0) is 4.79 Å². The number of methoxy groups -OCH3 is 1. The van der Waals surface area contributed by atoms with Crippen LogP contribution in [0.1, 0.15) is 25.0 Å². The lowest BCUT2D eigenvalue weighted by atomic mass is 10.2. The maximum absolute atomic E-state index is 11.8. The lowest BCUT2D eigenvalue weighted by Crippen LogP contribution is -2.24. The third-order valence-electron chi connectivity index (χ3n) is 3.34. The number of nitrogens with one attached hydrogen (secondary N) is 1. The molecule has 0 atom stereocenters. The fourth-order valence-corrected chi connectivity index (χ4v) is 2.11. The van der Waals surface area contributed by atoms with E-state index in [9.17, 15) is 4.79 Å². The Morgan fingerprint density at radius 1 is 1.15 bits per heavy atom. The summed E-state index contributed by atoms with van der Waals surface area (Å²) in [5.74, 6) is 1.57. The van der Waals surface area contributed by atoms with Crippen molar-refractivity contribution in [2.24, 2.45) is 5.10 Å². The molecule has 1 amide bonds. The first-order valence-electron chi connectivity index (χ1n) is 8.34. The molecule has 0 bridgehead atoms. The molecule has 0 unspecified atom stereocenters. The minimum absolute atomic E-state index is 0.0521. The van der Waals surface area contributed by atoms with Gasteiger partial charge in [-0.15, -0.1) is 0 Å². The molecule has 0 aliphatic rings. The minimum Gasteiger partial charge on any atom is -0.493 e. The van der Waals surface area contributed by atoms with E-state index in [0.717, 1.165) is 11.1 Å². The van der Waals surface area contributed by atoms with Crippen molar-refractivity contribution in [2.45, 2.75) is 26.9 Å². The quantitative estimate of drug-likeness (QED) is 0.582. The van der Waals surface area contributed by atoms with Crippen LogP contribution in [0.2, 0.25) is 0 Å². The number of hydrogen-bond acceptors (Lipinski definition) is 5. The number of hydrogen-bond donors (Lipinski definition) is 1. The van der Waals surface area contributed by atoms with Crippen LogP contribution in [-0.4, -0.2) is 31.9 Å². The fourth-order valence-electron chi connectivity index (χ4n) is 2.11. The van der Waals surface area contributed by atoms with Gasteiger partial charge >= 0.3 is 0 Å². The summed E-state index contributed by atoms with van der Waals surface area (Å²) < 4.78 is 16.4. The van der Waals surface area contributed by atoms with E-state index < -0.39 is 0 Å². The van der Waals surface area contributed by atoms with Gasteiger partial charge in [-0.2, -0.15) is 5.10 Å². The maximum atomic E-state index is 11.8. The predicted octanol–water partition coefficient (Wildman–Crippen LogP) is 3.32. The van der Waals surface area contributed by atoms with Crippen molar-refractivity contribution >= 4 is 12.1 Å². The third kappa shape index (κ3) is 6.12. The van der Waals surface area contributed by atoms with E-state index in [0.29, 0.717) is 17.2 Å². The second-order valence-corrected chi connectivity index (χ2v) is 5.97. The number of carbonyl (C=O) groups is 1. The molecule has 2 aromatic rings. The van der Waals surface area contributed by atoms with E-state index >= 15 is 0 Å². The van der Waals surface area contributed by atoms with Crippen molar-refractivity contribution in [1.29, 1.82) is 0 Å². The topological polar surface area (TPSA) is 69.2 Å². The van der Waals surface area contributed by atoms with Crippen molar-refractivity contribution in [3.8, 4) is 17.2 Å². The molecule has 0 aliphatic heterocycles. The summed E-state index contributed by atoms with van der Waals surface area (Å²) in [4.78, 5) is 11.8. The van der Waals surface area contributed by atoms with Crippen molar-refractivity contribution < 1.29 is 19.0 Å². The van der Waals surface area contributed by atoms with Gasteiger partial charge in [0.15, 0.2) is 18.1 Å². The Hall–Kier alpha value is -3.02. The van der Waals surface area contributed by atoms with Crippen LogP contribution in [0, 0.1) is 6.92 Å². The Morgan fingerprint density at radius 3 is 2.54 bits per heavy atom. The normalized spacial score (nSPS) is 10.8. The van der Waals surface area contributed by atoms with Gasteiger partial charge in [0.25, 0.3) is 5.91 Å². The number of nitrogens with zero attached hydrogens (tertiary/aromatic N) is 1. The van der Waals surface area contributed by atoms with Crippen LogP contribution in [0.25, 0.3) is 0 Å². The van der Waals surface area contributed by atoms with Gasteiger partial charge in [-0.1, -0.05) is 17.7 Å². The highest BCUT2D eigenvalue weighted by Crippen LogP contribution is 2.28. The van der Waals surface area contributed by atoms with Gasteiger partial charge in [-0.3, -0.25) is 4.79 Å². The summed E-state index contributed by atoms with van der Waals surface area (Å²) in [5.41, 5.74) is 4.34. The van der Waals surface area contributed by atoms with E-state index in [2.05, 4.69) is 10.5 Å². The van der Waals surface area contributed by atoms with E-state index in [1.165, 1.54) is 6.21 Å². The van der Waals surface area contributed by atoms with Crippen LogP contribution in [0.4, 0.5) is 0 Å². The van der Waals surface area contributed by atoms with Gasteiger partial charge in [0, 0.05) is 0 Å². The molecule has 0 heterocycles. The zero-order chi connectivity index (χ0) is 18.9. The summed E-state index contributed by atoms with van der Waals surface area (Å²) in [5, 5.41) is 3.93. The standard InChI is InChI=1S/C20H24N2O4/c1-14(2)26-18-10-7-16(11-19(18)24-4)12-21-22-20(23)13-25-17-8-5-15(3)6-9-17/h5-12,14H,13H2,1-4H3,(H,22,23)/b21-12+. The summed E-state index contributed by atoms with van der Waals surface area (Å²) in [7, 11) is 1.58. The number of hydrazone groups is 1. The Bertz CT molecular complexity index is 755. The van der Waals surface area contributed by atoms with Crippen LogP contribution in [0.5, 0.6) is 17.2 Å². The SMILES string of the molecule is COc1cc(/C=N/NC(=O)COc2ccc(C)cc2)ccc1OC(C)C. The Morgan fingerprint density at radius 2 is 1.88 bits per heavy atom. The lowest BCUT2D eigenvalue weighted by molar-refractivity contribution is -0.123. The van der Waals surface area contributed by atoms with Crippen LogP contribution >= 0.6 is 0 Å². The van der Waals surface area contributed by atoms with E-state index in [-0.39, 0.29) is 18.6 Å². The van der Waals surface area contributed by atoms with Crippen molar-refractivity contribution in [2.75, 3.05) is 13.7 Å².